The van der Waals surface area contributed by atoms with Crippen LogP contribution in [0.3, 0.4) is 0 Å². The van der Waals surface area contributed by atoms with Crippen LogP contribution in [0, 0.1) is 20.8 Å². The van der Waals surface area contributed by atoms with Crippen molar-refractivity contribution in [1.82, 2.24) is 0 Å². The van der Waals surface area contributed by atoms with Crippen LogP contribution in [-0.4, -0.2) is 0 Å². The van der Waals surface area contributed by atoms with Crippen molar-refractivity contribution >= 4 is 8.60 Å². The van der Waals surface area contributed by atoms with Gasteiger partial charge in [-0.1, -0.05) is 201 Å². The van der Waals surface area contributed by atoms with E-state index in [1.807, 2.05) is 0 Å². The first-order valence-corrected chi connectivity index (χ1v) is 25.4. The maximum Gasteiger partial charge on any atom is 0.530 e. The van der Waals surface area contributed by atoms with Crippen molar-refractivity contribution in [3.63, 3.8) is 0 Å². The fraction of sp³-hybridized carbons (Fsp3) is 0.684. The summed E-state index contributed by atoms with van der Waals surface area (Å²) in [7, 11) is -1.98. The Labute approximate surface area is 379 Å². The van der Waals surface area contributed by atoms with Crippen LogP contribution < -0.4 is 13.6 Å². The Balaban J connectivity index is 2.44. The minimum Gasteiger partial charge on any atom is -0.408 e. The zero-order valence-corrected chi connectivity index (χ0v) is 44.5. The molecule has 0 N–H and O–H groups in total. The van der Waals surface area contributed by atoms with Crippen molar-refractivity contribution in [2.24, 2.45) is 0 Å². The lowest BCUT2D eigenvalue weighted by Crippen LogP contribution is -2.23. The molecule has 0 spiro atoms. The third kappa shape index (κ3) is 14.2. The van der Waals surface area contributed by atoms with E-state index in [1.54, 1.807) is 0 Å². The van der Waals surface area contributed by atoms with Gasteiger partial charge >= 0.3 is 8.60 Å². The van der Waals surface area contributed by atoms with Crippen molar-refractivity contribution in [2.45, 2.75) is 255 Å². The first-order valence-electron chi connectivity index (χ1n) is 24.3. The fourth-order valence-corrected chi connectivity index (χ4v) is 10.5. The second-order valence-electron chi connectivity index (χ2n) is 23.8. The summed E-state index contributed by atoms with van der Waals surface area (Å²) in [5.74, 6) is 2.62. The summed E-state index contributed by atoms with van der Waals surface area (Å²) in [6.07, 6.45) is 14.0. The van der Waals surface area contributed by atoms with E-state index in [1.165, 1.54) is 108 Å². The van der Waals surface area contributed by atoms with E-state index in [0.717, 1.165) is 36.5 Å². The lowest BCUT2D eigenvalue weighted by molar-refractivity contribution is 0.358. The molecule has 0 amide bonds. The van der Waals surface area contributed by atoms with Crippen LogP contribution in [0.5, 0.6) is 17.2 Å². The van der Waals surface area contributed by atoms with Gasteiger partial charge in [-0.25, -0.2) is 0 Å². The Hall–Kier alpha value is -2.51. The summed E-state index contributed by atoms with van der Waals surface area (Å²) in [6, 6.07) is 14.2. The first-order chi connectivity index (χ1) is 28.0. The molecule has 3 nitrogen and oxygen atoms in total. The number of rotatable bonds is 21. The zero-order valence-electron chi connectivity index (χ0n) is 43.6. The maximum atomic E-state index is 7.42. The van der Waals surface area contributed by atoms with Crippen LogP contribution in [0.25, 0.3) is 0 Å². The predicted octanol–water partition coefficient (Wildman–Crippen LogP) is 18.8. The quantitative estimate of drug-likeness (QED) is 0.0789. The minimum atomic E-state index is -1.98. The predicted molar refractivity (Wildman–Crippen MR) is 270 cm³/mol. The molecule has 0 bridgehead atoms. The Kier molecular flexibility index (Phi) is 18.2. The highest BCUT2D eigenvalue weighted by Gasteiger charge is 2.36. The van der Waals surface area contributed by atoms with Gasteiger partial charge in [0.2, 0.25) is 0 Å². The molecule has 0 aliphatic rings. The van der Waals surface area contributed by atoms with E-state index >= 15 is 0 Å². The molecule has 0 saturated heterocycles. The van der Waals surface area contributed by atoms with Gasteiger partial charge in [0.05, 0.1) is 0 Å². The second-order valence-corrected chi connectivity index (χ2v) is 24.8. The molecule has 0 atom stereocenters. The third-order valence-electron chi connectivity index (χ3n) is 13.3. The lowest BCUT2D eigenvalue weighted by atomic mass is 9.75. The van der Waals surface area contributed by atoms with Gasteiger partial charge in [-0.3, -0.25) is 0 Å². The highest BCUT2D eigenvalue weighted by molar-refractivity contribution is 7.43. The lowest BCUT2D eigenvalue weighted by Gasteiger charge is -2.34. The summed E-state index contributed by atoms with van der Waals surface area (Å²) in [6.45, 7) is 48.9. The molecular weight excluding hydrogens is 764 g/mol. The van der Waals surface area contributed by atoms with Crippen molar-refractivity contribution in [3.8, 4) is 17.2 Å². The summed E-state index contributed by atoms with van der Waals surface area (Å²) < 4.78 is 22.3. The normalized spacial score (nSPS) is 13.3. The standard InChI is InChI=1S/C57H93O3P/c1-22-25-28-31-55(16,17)46-37-43(52(7,8)9)40(4)34-49(46)58-61(59-50-35-41(5)44(53(10,11)12)38-47(50)56(18,19)32-29-26-23-2)60-51-36-42(6)45(54(13,14)15)39-48(51)57(20,21)33-30-27-24-3/h34-39H,22-33H2,1-21H3. The van der Waals surface area contributed by atoms with Gasteiger partial charge in [0.15, 0.2) is 0 Å². The molecule has 0 aliphatic carbocycles. The second kappa shape index (κ2) is 21.0. The van der Waals surface area contributed by atoms with Crippen LogP contribution in [0.15, 0.2) is 36.4 Å². The van der Waals surface area contributed by atoms with Crippen LogP contribution in [0.2, 0.25) is 0 Å². The zero-order chi connectivity index (χ0) is 46.4. The largest absolute Gasteiger partial charge is 0.530 e. The van der Waals surface area contributed by atoms with E-state index in [2.05, 4.69) is 182 Å². The van der Waals surface area contributed by atoms with Crippen molar-refractivity contribution in [2.75, 3.05) is 0 Å². The van der Waals surface area contributed by atoms with Gasteiger partial charge in [0, 0.05) is 16.7 Å². The van der Waals surface area contributed by atoms with Crippen molar-refractivity contribution in [3.05, 3.63) is 86.5 Å². The van der Waals surface area contributed by atoms with Gasteiger partial charge in [-0.05, 0) is 124 Å². The number of hydrogen-bond acceptors (Lipinski definition) is 3. The molecule has 0 saturated carbocycles. The SMILES string of the molecule is CCCCCC(C)(C)c1cc(C(C)(C)C)c(C)cc1OP(Oc1cc(C)c(C(C)(C)C)cc1C(C)(C)CCCCC)Oc1cc(C)c(C(C)(C)C)cc1C(C)(C)CCCCC. The van der Waals surface area contributed by atoms with Crippen molar-refractivity contribution in [1.29, 1.82) is 0 Å². The van der Waals surface area contributed by atoms with E-state index < -0.39 is 8.60 Å². The van der Waals surface area contributed by atoms with Crippen LogP contribution in [0.4, 0.5) is 0 Å². The molecule has 61 heavy (non-hydrogen) atoms. The Morgan fingerprint density at radius 1 is 0.344 bits per heavy atom. The molecule has 0 radical (unpaired) electrons. The molecule has 3 aromatic rings. The number of unbranched alkanes of at least 4 members (excludes halogenated alkanes) is 6. The number of hydrogen-bond donors (Lipinski definition) is 0. The van der Waals surface area contributed by atoms with Crippen LogP contribution in [0.1, 0.15) is 252 Å². The molecule has 3 rings (SSSR count). The fourth-order valence-electron chi connectivity index (χ4n) is 9.43. The van der Waals surface area contributed by atoms with E-state index in [4.69, 9.17) is 13.6 Å². The molecule has 0 unspecified atom stereocenters. The van der Waals surface area contributed by atoms with E-state index in [9.17, 15) is 0 Å². The van der Waals surface area contributed by atoms with Crippen LogP contribution in [-0.2, 0) is 32.5 Å². The molecule has 4 heteroatoms. The third-order valence-corrected chi connectivity index (χ3v) is 14.4. The van der Waals surface area contributed by atoms with Gasteiger partial charge in [0.1, 0.15) is 17.2 Å². The Morgan fingerprint density at radius 3 is 0.770 bits per heavy atom. The maximum absolute atomic E-state index is 7.42. The first kappa shape index (κ1) is 52.8. The average molecular weight is 857 g/mol. The summed E-state index contributed by atoms with van der Waals surface area (Å²) >= 11 is 0. The topological polar surface area (TPSA) is 27.7 Å². The molecular formula is C57H93O3P. The van der Waals surface area contributed by atoms with Gasteiger partial charge in [-0.15, -0.1) is 0 Å². The molecule has 0 heterocycles. The van der Waals surface area contributed by atoms with Gasteiger partial charge in [-0.2, -0.15) is 0 Å². The number of aryl methyl sites for hydroxylation is 3. The van der Waals surface area contributed by atoms with Gasteiger partial charge < -0.3 is 13.6 Å². The molecule has 0 aromatic heterocycles. The highest BCUT2D eigenvalue weighted by atomic mass is 31.2. The summed E-state index contributed by atoms with van der Waals surface area (Å²) in [4.78, 5) is 0. The molecule has 3 aromatic carbocycles. The summed E-state index contributed by atoms with van der Waals surface area (Å²) in [5, 5.41) is 0. The molecule has 0 fully saturated rings. The smallest absolute Gasteiger partial charge is 0.408 e. The average Bonchev–Trinajstić information content (AvgIpc) is 3.10. The minimum absolute atomic E-state index is 0.0101. The van der Waals surface area contributed by atoms with Gasteiger partial charge in [0.25, 0.3) is 0 Å². The van der Waals surface area contributed by atoms with E-state index in [0.29, 0.717) is 0 Å². The van der Waals surface area contributed by atoms with E-state index in [-0.39, 0.29) is 32.5 Å². The highest BCUT2D eigenvalue weighted by Crippen LogP contribution is 2.53. The summed E-state index contributed by atoms with van der Waals surface area (Å²) in [5.41, 5.74) is 11.1. The van der Waals surface area contributed by atoms with Crippen molar-refractivity contribution < 1.29 is 13.6 Å². The number of benzene rings is 3. The molecule has 344 valence electrons. The Bertz CT molecular complexity index is 1660. The monoisotopic (exact) mass is 857 g/mol. The Morgan fingerprint density at radius 2 is 0.574 bits per heavy atom. The molecule has 0 aliphatic heterocycles. The van der Waals surface area contributed by atoms with Crippen LogP contribution >= 0.6 is 8.60 Å².